The van der Waals surface area contributed by atoms with Gasteiger partial charge in [0, 0.05) is 5.70 Å². The molecule has 0 aliphatic heterocycles. The van der Waals surface area contributed by atoms with Crippen molar-refractivity contribution in [2.24, 2.45) is 0 Å². The average molecular weight is 207 g/mol. The Hall–Kier alpha value is -1.51. The fourth-order valence-electron chi connectivity index (χ4n) is 1.16. The van der Waals surface area contributed by atoms with Crippen LogP contribution in [0.5, 0.6) is 0 Å². The molecule has 0 radical (unpaired) electrons. The van der Waals surface area contributed by atoms with Gasteiger partial charge in [-0.15, -0.1) is 0 Å². The molecular weight excluding hydrogens is 190 g/mol. The maximum absolute atomic E-state index is 11.2. The smallest absolute Gasteiger partial charge is 0.411 e. The molecule has 1 rings (SSSR count). The van der Waals surface area contributed by atoms with E-state index >= 15 is 0 Å². The number of ether oxygens (including phenoxy) is 1. The summed E-state index contributed by atoms with van der Waals surface area (Å²) in [5.74, 6) is 0. The highest BCUT2D eigenvalue weighted by Crippen LogP contribution is 2.08. The van der Waals surface area contributed by atoms with Gasteiger partial charge in [-0.05, 0) is 31.9 Å². The van der Waals surface area contributed by atoms with Crippen molar-refractivity contribution in [3.63, 3.8) is 0 Å². The van der Waals surface area contributed by atoms with Gasteiger partial charge in [0.2, 0.25) is 0 Å². The van der Waals surface area contributed by atoms with Gasteiger partial charge in [-0.1, -0.05) is 24.6 Å². The molecule has 0 saturated carbocycles. The lowest BCUT2D eigenvalue weighted by atomic mass is 10.2. The quantitative estimate of drug-likeness (QED) is 0.772. The van der Waals surface area contributed by atoms with Gasteiger partial charge in [0.1, 0.15) is 0 Å². The van der Waals surface area contributed by atoms with Crippen molar-refractivity contribution in [3.05, 3.63) is 35.6 Å². The summed E-state index contributed by atoms with van der Waals surface area (Å²) in [5.41, 5.74) is 2.04. The fourth-order valence-corrected chi connectivity index (χ4v) is 1.16. The zero-order valence-corrected chi connectivity index (χ0v) is 9.25. The zero-order chi connectivity index (χ0) is 11.1. The van der Waals surface area contributed by atoms with E-state index in [1.165, 1.54) is 5.57 Å². The van der Waals surface area contributed by atoms with E-state index in [-0.39, 0.29) is 6.09 Å². The molecule has 3 nitrogen and oxygen atoms in total. The van der Waals surface area contributed by atoms with Gasteiger partial charge in [0.05, 0.1) is 6.61 Å². The van der Waals surface area contributed by atoms with Gasteiger partial charge < -0.3 is 4.74 Å². The minimum absolute atomic E-state index is 0.388. The molecule has 0 unspecified atom stereocenters. The largest absolute Gasteiger partial charge is 0.449 e. The second kappa shape index (κ2) is 6.06. The topological polar surface area (TPSA) is 38.3 Å². The van der Waals surface area contributed by atoms with Crippen molar-refractivity contribution in [2.45, 2.75) is 26.7 Å². The summed E-state index contributed by atoms with van der Waals surface area (Å²) in [6, 6.07) is 0. The number of hydrogen-bond acceptors (Lipinski definition) is 2. The van der Waals surface area contributed by atoms with E-state index in [1.807, 2.05) is 31.2 Å². The Morgan fingerprint density at radius 2 is 2.33 bits per heavy atom. The fraction of sp³-hybridized carbons (Fsp3) is 0.417. The Labute approximate surface area is 90.5 Å². The van der Waals surface area contributed by atoms with Crippen LogP contribution in [0.15, 0.2) is 35.6 Å². The highest BCUT2D eigenvalue weighted by atomic mass is 16.5. The van der Waals surface area contributed by atoms with Crippen LogP contribution < -0.4 is 5.32 Å². The van der Waals surface area contributed by atoms with Crippen molar-refractivity contribution < 1.29 is 9.53 Å². The molecule has 0 bridgehead atoms. The first-order valence-corrected chi connectivity index (χ1v) is 5.20. The first-order chi connectivity index (χ1) is 7.22. The van der Waals surface area contributed by atoms with Crippen LogP contribution in [0.4, 0.5) is 4.79 Å². The van der Waals surface area contributed by atoms with Crippen LogP contribution in [-0.4, -0.2) is 12.7 Å². The molecule has 0 saturated heterocycles. The van der Waals surface area contributed by atoms with Gasteiger partial charge in [0.15, 0.2) is 0 Å². The summed E-state index contributed by atoms with van der Waals surface area (Å²) in [4.78, 5) is 11.2. The van der Waals surface area contributed by atoms with Crippen molar-refractivity contribution in [2.75, 3.05) is 6.61 Å². The van der Waals surface area contributed by atoms with E-state index < -0.39 is 0 Å². The normalized spacial score (nSPS) is 15.1. The second-order valence-corrected chi connectivity index (χ2v) is 3.50. The minimum Gasteiger partial charge on any atom is -0.449 e. The van der Waals surface area contributed by atoms with Gasteiger partial charge >= 0.3 is 6.09 Å². The number of hydrogen-bond donors (Lipinski definition) is 1. The van der Waals surface area contributed by atoms with Crippen molar-refractivity contribution in [1.29, 1.82) is 0 Å². The predicted molar refractivity (Wildman–Crippen MR) is 60.4 cm³/mol. The Morgan fingerprint density at radius 3 is 3.07 bits per heavy atom. The molecule has 1 N–H and O–H groups in total. The van der Waals surface area contributed by atoms with Crippen LogP contribution in [0.1, 0.15) is 26.7 Å². The van der Waals surface area contributed by atoms with E-state index in [1.54, 1.807) is 0 Å². The number of nitrogens with one attached hydrogen (secondary N) is 1. The minimum atomic E-state index is -0.388. The van der Waals surface area contributed by atoms with Gasteiger partial charge in [-0.25, -0.2) is 4.79 Å². The van der Waals surface area contributed by atoms with Crippen LogP contribution in [0.25, 0.3) is 0 Å². The maximum atomic E-state index is 11.2. The average Bonchev–Trinajstić information content (AvgIpc) is 2.41. The van der Waals surface area contributed by atoms with Crippen LogP contribution >= 0.6 is 0 Å². The van der Waals surface area contributed by atoms with Gasteiger partial charge in [-0.2, -0.15) is 0 Å². The summed E-state index contributed by atoms with van der Waals surface area (Å²) in [7, 11) is 0. The molecule has 0 atom stereocenters. The van der Waals surface area contributed by atoms with Crippen molar-refractivity contribution in [3.8, 4) is 0 Å². The lowest BCUT2D eigenvalue weighted by Crippen LogP contribution is -2.23. The summed E-state index contributed by atoms with van der Waals surface area (Å²) in [6.45, 7) is 4.47. The van der Waals surface area contributed by atoms with E-state index in [0.717, 1.165) is 18.5 Å². The molecule has 0 aromatic carbocycles. The van der Waals surface area contributed by atoms with E-state index in [9.17, 15) is 4.79 Å². The lowest BCUT2D eigenvalue weighted by molar-refractivity contribution is 0.149. The predicted octanol–water partition coefficient (Wildman–Crippen LogP) is 2.91. The van der Waals surface area contributed by atoms with Gasteiger partial charge in [0.25, 0.3) is 0 Å². The second-order valence-electron chi connectivity index (χ2n) is 3.50. The number of alkyl carbamates (subject to hydrolysis) is 1. The van der Waals surface area contributed by atoms with Crippen LogP contribution in [-0.2, 0) is 4.74 Å². The molecule has 1 amide bonds. The Bertz CT molecular complexity index is 314. The Kier molecular flexibility index (Phi) is 4.68. The summed E-state index contributed by atoms with van der Waals surface area (Å²) in [6.07, 6.45) is 9.15. The van der Waals surface area contributed by atoms with Crippen LogP contribution in [0, 0.1) is 0 Å². The molecule has 82 valence electrons. The number of carbonyl (C=O) groups is 1. The number of amides is 1. The summed E-state index contributed by atoms with van der Waals surface area (Å²) in [5, 5.41) is 2.68. The molecule has 0 fully saturated rings. The van der Waals surface area contributed by atoms with Crippen LogP contribution in [0.3, 0.4) is 0 Å². The van der Waals surface area contributed by atoms with Crippen molar-refractivity contribution >= 4 is 6.09 Å². The monoisotopic (exact) mass is 207 g/mol. The number of rotatable bonds is 3. The molecule has 15 heavy (non-hydrogen) atoms. The summed E-state index contributed by atoms with van der Waals surface area (Å²) >= 11 is 0. The Morgan fingerprint density at radius 1 is 1.53 bits per heavy atom. The standard InChI is InChI=1S/C12H17NO2/c1-3-9-15-12(14)13-11-6-4-5-10(2)7-8-11/h4,6-8H,3,5,9H2,1-2H3,(H,13,14). The molecule has 1 aliphatic carbocycles. The molecule has 0 aromatic rings. The molecular formula is C12H17NO2. The third-order valence-electron chi connectivity index (χ3n) is 1.97. The Balaban J connectivity index is 2.47. The van der Waals surface area contributed by atoms with E-state index in [4.69, 9.17) is 4.74 Å². The molecule has 0 aromatic heterocycles. The van der Waals surface area contributed by atoms with E-state index in [0.29, 0.717) is 6.61 Å². The third kappa shape index (κ3) is 4.49. The first-order valence-electron chi connectivity index (χ1n) is 5.20. The summed E-state index contributed by atoms with van der Waals surface area (Å²) < 4.78 is 4.92. The first kappa shape index (κ1) is 11.6. The number of allylic oxidation sites excluding steroid dienone is 5. The molecule has 0 heterocycles. The zero-order valence-electron chi connectivity index (χ0n) is 9.25. The SMILES string of the molecule is CCCOC(=O)NC1=CC=C(C)CC=C1. The molecule has 3 heteroatoms. The highest BCUT2D eigenvalue weighted by Gasteiger charge is 2.03. The van der Waals surface area contributed by atoms with Gasteiger partial charge in [-0.3, -0.25) is 5.32 Å². The van der Waals surface area contributed by atoms with Crippen molar-refractivity contribution in [1.82, 2.24) is 5.32 Å². The number of carbonyl (C=O) groups excluding carboxylic acids is 1. The van der Waals surface area contributed by atoms with E-state index in [2.05, 4.69) is 12.2 Å². The highest BCUT2D eigenvalue weighted by molar-refractivity contribution is 5.70. The lowest BCUT2D eigenvalue weighted by Gasteiger charge is -2.05. The maximum Gasteiger partial charge on any atom is 0.411 e. The van der Waals surface area contributed by atoms with Crippen LogP contribution in [0.2, 0.25) is 0 Å². The molecule has 0 spiro atoms. The third-order valence-corrected chi connectivity index (χ3v) is 1.97. The molecule has 1 aliphatic rings.